The molecule has 0 saturated heterocycles. The molecule has 0 aliphatic heterocycles. The number of aryl methyl sites for hydroxylation is 1. The number of aromatic nitrogens is 5. The van der Waals surface area contributed by atoms with Crippen LogP contribution in [0, 0.1) is 0 Å². The van der Waals surface area contributed by atoms with Crippen LogP contribution >= 0.6 is 11.6 Å². The van der Waals surface area contributed by atoms with Gasteiger partial charge in [0, 0.05) is 23.8 Å². The number of anilines is 2. The van der Waals surface area contributed by atoms with Crippen LogP contribution in [0.1, 0.15) is 12.6 Å². The summed E-state index contributed by atoms with van der Waals surface area (Å²) in [6.07, 6.45) is 3.83. The third-order valence-corrected chi connectivity index (χ3v) is 5.14. The van der Waals surface area contributed by atoms with Crippen molar-refractivity contribution in [2.45, 2.75) is 13.3 Å². The lowest BCUT2D eigenvalue weighted by Gasteiger charge is -2.14. The lowest BCUT2D eigenvalue weighted by Crippen LogP contribution is -2.22. The minimum absolute atomic E-state index is 0.0591. The largest absolute Gasteiger partial charge is 0.382 e. The smallest absolute Gasteiger partial charge is 0.264 e. The van der Waals surface area contributed by atoms with Crippen LogP contribution in [0.25, 0.3) is 27.6 Å². The number of hydrogen-bond donors (Lipinski definition) is 2. The van der Waals surface area contributed by atoms with Crippen molar-refractivity contribution >= 4 is 45.3 Å². The third kappa shape index (κ3) is 4.08. The number of nitrogens with two attached hydrogens (primary N) is 2. The first kappa shape index (κ1) is 21.2. The van der Waals surface area contributed by atoms with E-state index in [0.29, 0.717) is 21.6 Å². The zero-order valence-electron chi connectivity index (χ0n) is 17.2. The number of halogens is 1. The van der Waals surface area contributed by atoms with E-state index in [-0.39, 0.29) is 17.3 Å². The molecule has 0 atom stereocenters. The van der Waals surface area contributed by atoms with Crippen LogP contribution in [0.15, 0.2) is 71.8 Å². The molecule has 0 fully saturated rings. The molecule has 0 radical (unpaired) electrons. The highest BCUT2D eigenvalue weighted by Gasteiger charge is 2.12. The van der Waals surface area contributed by atoms with Gasteiger partial charge in [0.15, 0.2) is 11.5 Å². The summed E-state index contributed by atoms with van der Waals surface area (Å²) >= 11 is 6.20. The van der Waals surface area contributed by atoms with Crippen LogP contribution in [0.3, 0.4) is 0 Å². The van der Waals surface area contributed by atoms with Crippen molar-refractivity contribution in [3.63, 3.8) is 0 Å². The average Bonchev–Trinajstić information content (AvgIpc) is 2.79. The van der Waals surface area contributed by atoms with Crippen molar-refractivity contribution in [3.8, 4) is 5.69 Å². The van der Waals surface area contributed by atoms with E-state index in [1.165, 1.54) is 12.4 Å². The zero-order chi connectivity index (χ0) is 22.7. The second-order valence-electron chi connectivity index (χ2n) is 6.87. The van der Waals surface area contributed by atoms with Crippen LogP contribution in [-0.2, 0) is 6.42 Å². The van der Waals surface area contributed by atoms with Gasteiger partial charge >= 0.3 is 0 Å². The molecule has 4 N–H and O–H groups in total. The topological polar surface area (TPSA) is 126 Å². The van der Waals surface area contributed by atoms with E-state index >= 15 is 0 Å². The van der Waals surface area contributed by atoms with Gasteiger partial charge in [0.1, 0.15) is 5.52 Å². The van der Waals surface area contributed by atoms with Gasteiger partial charge in [0.25, 0.3) is 5.56 Å². The van der Waals surface area contributed by atoms with Gasteiger partial charge in [0.2, 0.25) is 5.95 Å². The van der Waals surface area contributed by atoms with Gasteiger partial charge in [-0.2, -0.15) is 9.97 Å². The molecule has 0 bridgehead atoms. The number of fused-ring (bicyclic) bond motifs is 2. The first-order valence-electron chi connectivity index (χ1n) is 9.88. The summed E-state index contributed by atoms with van der Waals surface area (Å²) in [5, 5.41) is 1.97. The summed E-state index contributed by atoms with van der Waals surface area (Å²) in [4.78, 5) is 28.3. The van der Waals surface area contributed by atoms with Gasteiger partial charge in [-0.1, -0.05) is 48.9 Å². The molecule has 2 aromatic carbocycles. The molecule has 9 heteroatoms. The van der Waals surface area contributed by atoms with E-state index in [1.807, 2.05) is 55.5 Å². The molecule has 0 amide bonds. The van der Waals surface area contributed by atoms with E-state index < -0.39 is 0 Å². The van der Waals surface area contributed by atoms with Crippen molar-refractivity contribution in [3.05, 3.63) is 88.1 Å². The van der Waals surface area contributed by atoms with E-state index in [0.717, 1.165) is 23.2 Å². The number of benzene rings is 2. The maximum Gasteiger partial charge on any atom is 0.264 e. The van der Waals surface area contributed by atoms with Gasteiger partial charge in [-0.05, 0) is 36.1 Å². The van der Waals surface area contributed by atoms with E-state index in [9.17, 15) is 4.79 Å². The van der Waals surface area contributed by atoms with Crippen molar-refractivity contribution in [1.82, 2.24) is 24.5 Å². The Labute approximate surface area is 188 Å². The quantitative estimate of drug-likeness (QED) is 0.423. The number of para-hydroxylation sites is 1. The monoisotopic (exact) mass is 445 g/mol. The Morgan fingerprint density at radius 2 is 1.72 bits per heavy atom. The van der Waals surface area contributed by atoms with E-state index in [2.05, 4.69) is 19.9 Å². The number of pyridine rings is 1. The second kappa shape index (κ2) is 8.99. The summed E-state index contributed by atoms with van der Waals surface area (Å²) in [7, 11) is 0. The van der Waals surface area contributed by atoms with Crippen LogP contribution in [0.2, 0.25) is 5.02 Å². The summed E-state index contributed by atoms with van der Waals surface area (Å²) in [5.41, 5.74) is 13.6. The predicted octanol–water partition coefficient (Wildman–Crippen LogP) is 3.79. The molecule has 32 heavy (non-hydrogen) atoms. The first-order chi connectivity index (χ1) is 15.5. The minimum Gasteiger partial charge on any atom is -0.382 e. The maximum absolute atomic E-state index is 12.8. The van der Waals surface area contributed by atoms with Gasteiger partial charge in [-0.25, -0.2) is 9.97 Å². The summed E-state index contributed by atoms with van der Waals surface area (Å²) in [6, 6.07) is 17.3. The number of rotatable bonds is 2. The summed E-state index contributed by atoms with van der Waals surface area (Å²) in [6.45, 7) is 2.05. The molecule has 3 heterocycles. The second-order valence-corrected chi connectivity index (χ2v) is 7.27. The molecule has 0 aliphatic carbocycles. The first-order valence-corrected chi connectivity index (χ1v) is 10.3. The standard InChI is InChI=1S/C17H14ClNO.C6H6N6/c1-2-13-11-12-7-6-10-15(18)16(12)17(20)19(13)14-8-4-3-5-9-14;7-4-3-5(10-2-1-9-3)12-6(8)11-4/h3-11H,2H2,1H3;1-2H,(H4,7,8,10,11,12). The summed E-state index contributed by atoms with van der Waals surface area (Å²) in [5.74, 6) is 0.367. The fraction of sp³-hybridized carbons (Fsp3) is 0.0870. The maximum atomic E-state index is 12.8. The molecule has 5 aromatic rings. The van der Waals surface area contributed by atoms with Crippen molar-refractivity contribution in [2.75, 3.05) is 11.5 Å². The van der Waals surface area contributed by atoms with Gasteiger partial charge in [-0.3, -0.25) is 9.36 Å². The van der Waals surface area contributed by atoms with Crippen LogP contribution < -0.4 is 17.0 Å². The molecule has 0 aliphatic rings. The summed E-state index contributed by atoms with van der Waals surface area (Å²) < 4.78 is 1.74. The molecular weight excluding hydrogens is 426 g/mol. The minimum atomic E-state index is -0.0591. The highest BCUT2D eigenvalue weighted by molar-refractivity contribution is 6.35. The lowest BCUT2D eigenvalue weighted by molar-refractivity contribution is 0.889. The fourth-order valence-electron chi connectivity index (χ4n) is 3.40. The van der Waals surface area contributed by atoms with Crippen LogP contribution in [0.5, 0.6) is 0 Å². The average molecular weight is 446 g/mol. The molecule has 160 valence electrons. The Hall–Kier alpha value is -4.04. The molecule has 3 aromatic heterocycles. The molecule has 0 unspecified atom stereocenters. The van der Waals surface area contributed by atoms with E-state index in [1.54, 1.807) is 10.6 Å². The number of nitrogens with zero attached hydrogens (tertiary/aromatic N) is 5. The van der Waals surface area contributed by atoms with Gasteiger partial charge < -0.3 is 11.5 Å². The van der Waals surface area contributed by atoms with Crippen LogP contribution in [-0.4, -0.2) is 24.5 Å². The third-order valence-electron chi connectivity index (χ3n) is 4.83. The SMILES string of the molecule is CCc1cc2cccc(Cl)c2c(=O)n1-c1ccccc1.Nc1nc(N)c2nccnc2n1. The Balaban J connectivity index is 0.000000174. The molecule has 5 rings (SSSR count). The molecule has 8 nitrogen and oxygen atoms in total. The highest BCUT2D eigenvalue weighted by Crippen LogP contribution is 2.22. The Kier molecular flexibility index (Phi) is 5.96. The molecule has 0 spiro atoms. The van der Waals surface area contributed by atoms with Crippen LogP contribution in [0.4, 0.5) is 11.8 Å². The van der Waals surface area contributed by atoms with E-state index in [4.69, 9.17) is 23.1 Å². The molecule has 0 saturated carbocycles. The fourth-order valence-corrected chi connectivity index (χ4v) is 3.66. The van der Waals surface area contributed by atoms with Crippen molar-refractivity contribution in [2.24, 2.45) is 0 Å². The normalized spacial score (nSPS) is 10.7. The number of nitrogen functional groups attached to an aromatic ring is 2. The predicted molar refractivity (Wildman–Crippen MR) is 128 cm³/mol. The Morgan fingerprint density at radius 1 is 0.969 bits per heavy atom. The van der Waals surface area contributed by atoms with Crippen molar-refractivity contribution in [1.29, 1.82) is 0 Å². The zero-order valence-corrected chi connectivity index (χ0v) is 18.0. The Bertz CT molecular complexity index is 1470. The number of hydrogen-bond acceptors (Lipinski definition) is 7. The van der Waals surface area contributed by atoms with Gasteiger partial charge in [-0.15, -0.1) is 0 Å². The molecular formula is C23H20ClN7O. The van der Waals surface area contributed by atoms with Crippen molar-refractivity contribution < 1.29 is 0 Å². The highest BCUT2D eigenvalue weighted by atomic mass is 35.5. The van der Waals surface area contributed by atoms with Gasteiger partial charge in [0.05, 0.1) is 10.4 Å². The Morgan fingerprint density at radius 3 is 2.47 bits per heavy atom. The lowest BCUT2D eigenvalue weighted by atomic mass is 10.1.